The SMILES string of the molecule is [B]/C(CO)=C(/Br)CO. The minimum absolute atomic E-state index is 0.160. The molecule has 0 aromatic rings. The van der Waals surface area contributed by atoms with E-state index in [2.05, 4.69) is 15.9 Å². The van der Waals surface area contributed by atoms with Gasteiger partial charge in [0, 0.05) is 4.48 Å². The molecular formula is C4H6BBrO2. The van der Waals surface area contributed by atoms with Crippen LogP contribution in [0.1, 0.15) is 0 Å². The molecule has 8 heavy (non-hydrogen) atoms. The molecule has 0 heterocycles. The normalized spacial score (nSPS) is 13.4. The molecule has 0 aromatic heterocycles. The quantitative estimate of drug-likeness (QED) is 0.570. The predicted molar refractivity (Wildman–Crippen MR) is 35.9 cm³/mol. The highest BCUT2D eigenvalue weighted by Gasteiger charge is 1.92. The maximum atomic E-state index is 8.34. The minimum Gasteiger partial charge on any atom is -0.393 e. The molecule has 0 aromatic carbocycles. The van der Waals surface area contributed by atoms with E-state index >= 15 is 0 Å². The van der Waals surface area contributed by atoms with E-state index in [4.69, 9.17) is 18.1 Å². The van der Waals surface area contributed by atoms with Crippen LogP contribution in [-0.4, -0.2) is 31.3 Å². The van der Waals surface area contributed by atoms with Crippen molar-refractivity contribution in [2.45, 2.75) is 0 Å². The van der Waals surface area contributed by atoms with Gasteiger partial charge in [0.2, 0.25) is 0 Å². The summed E-state index contributed by atoms with van der Waals surface area (Å²) in [5, 5.41) is 16.7. The van der Waals surface area contributed by atoms with Gasteiger partial charge in [0.05, 0.1) is 13.2 Å². The molecule has 0 aliphatic heterocycles. The van der Waals surface area contributed by atoms with Crippen LogP contribution in [0.5, 0.6) is 0 Å². The summed E-state index contributed by atoms with van der Waals surface area (Å²) < 4.78 is 0.444. The van der Waals surface area contributed by atoms with Crippen LogP contribution in [0.15, 0.2) is 9.95 Å². The van der Waals surface area contributed by atoms with E-state index in [9.17, 15) is 0 Å². The van der Waals surface area contributed by atoms with Gasteiger partial charge in [-0.3, -0.25) is 0 Å². The molecule has 0 rings (SSSR count). The van der Waals surface area contributed by atoms with Gasteiger partial charge in [-0.1, -0.05) is 21.4 Å². The smallest absolute Gasteiger partial charge is 0.112 e. The van der Waals surface area contributed by atoms with Crippen molar-refractivity contribution in [3.05, 3.63) is 9.95 Å². The molecule has 0 bridgehead atoms. The Morgan fingerprint density at radius 3 is 2.00 bits per heavy atom. The van der Waals surface area contributed by atoms with Gasteiger partial charge in [0.25, 0.3) is 0 Å². The molecule has 0 saturated carbocycles. The predicted octanol–water partition coefficient (Wildman–Crippen LogP) is -0.254. The number of aliphatic hydroxyl groups is 2. The van der Waals surface area contributed by atoms with Gasteiger partial charge in [-0.15, -0.1) is 0 Å². The van der Waals surface area contributed by atoms with Crippen molar-refractivity contribution in [1.29, 1.82) is 0 Å². The molecule has 2 N–H and O–H groups in total. The molecule has 0 saturated heterocycles. The van der Waals surface area contributed by atoms with E-state index in [1.807, 2.05) is 0 Å². The van der Waals surface area contributed by atoms with Crippen molar-refractivity contribution < 1.29 is 10.2 Å². The standard InChI is InChI=1S/C4H6BBrO2/c5-3(1-7)4(6)2-8/h7-8H,1-2H2/b4-3+. The summed E-state index contributed by atoms with van der Waals surface area (Å²) in [5.74, 6) is 0. The average Bonchev–Trinajstić information content (AvgIpc) is 1.84. The highest BCUT2D eigenvalue weighted by atomic mass is 79.9. The highest BCUT2D eigenvalue weighted by molar-refractivity contribution is 9.11. The second-order valence-electron chi connectivity index (χ2n) is 1.25. The van der Waals surface area contributed by atoms with Crippen molar-refractivity contribution in [1.82, 2.24) is 0 Å². The Hall–Kier alpha value is 0.205. The Morgan fingerprint density at radius 2 is 1.88 bits per heavy atom. The monoisotopic (exact) mass is 176 g/mol. The zero-order valence-corrected chi connectivity index (χ0v) is 5.85. The number of hydrogen-bond acceptors (Lipinski definition) is 2. The fourth-order valence-corrected chi connectivity index (χ4v) is 0.313. The Kier molecular flexibility index (Phi) is 4.23. The van der Waals surface area contributed by atoms with Crippen LogP contribution in [0.2, 0.25) is 0 Å². The van der Waals surface area contributed by atoms with Crippen LogP contribution >= 0.6 is 15.9 Å². The molecule has 0 aliphatic rings. The van der Waals surface area contributed by atoms with Crippen LogP contribution in [-0.2, 0) is 0 Å². The van der Waals surface area contributed by atoms with Gasteiger partial charge in [0.1, 0.15) is 7.85 Å². The maximum Gasteiger partial charge on any atom is 0.112 e. The minimum atomic E-state index is -0.221. The number of halogens is 1. The molecular weight excluding hydrogens is 171 g/mol. The van der Waals surface area contributed by atoms with E-state index in [-0.39, 0.29) is 18.7 Å². The Bertz CT molecular complexity index is 90.2. The van der Waals surface area contributed by atoms with Crippen molar-refractivity contribution in [2.75, 3.05) is 13.2 Å². The molecule has 44 valence electrons. The van der Waals surface area contributed by atoms with E-state index in [1.165, 1.54) is 0 Å². The lowest BCUT2D eigenvalue weighted by atomic mass is 9.97. The van der Waals surface area contributed by atoms with Crippen LogP contribution < -0.4 is 0 Å². The van der Waals surface area contributed by atoms with Crippen molar-refractivity contribution >= 4 is 23.8 Å². The van der Waals surface area contributed by atoms with Crippen molar-refractivity contribution in [3.8, 4) is 0 Å². The summed E-state index contributed by atoms with van der Waals surface area (Å²) >= 11 is 2.95. The first-order chi connectivity index (χ1) is 3.72. The number of aliphatic hydroxyl groups excluding tert-OH is 2. The lowest BCUT2D eigenvalue weighted by Crippen LogP contribution is -1.94. The van der Waals surface area contributed by atoms with Crippen LogP contribution in [0, 0.1) is 0 Å². The second kappa shape index (κ2) is 4.12. The number of hydrogen-bond donors (Lipinski definition) is 2. The summed E-state index contributed by atoms with van der Waals surface area (Å²) in [4.78, 5) is 0. The molecule has 0 atom stereocenters. The molecule has 4 heteroatoms. The first kappa shape index (κ1) is 8.20. The van der Waals surface area contributed by atoms with Crippen LogP contribution in [0.3, 0.4) is 0 Å². The first-order valence-corrected chi connectivity index (χ1v) is 2.86. The van der Waals surface area contributed by atoms with Crippen LogP contribution in [0.4, 0.5) is 0 Å². The van der Waals surface area contributed by atoms with Crippen molar-refractivity contribution in [2.24, 2.45) is 0 Å². The summed E-state index contributed by atoms with van der Waals surface area (Å²) in [6, 6.07) is 0. The topological polar surface area (TPSA) is 40.5 Å². The van der Waals surface area contributed by atoms with E-state index < -0.39 is 0 Å². The first-order valence-electron chi connectivity index (χ1n) is 2.07. The van der Waals surface area contributed by atoms with Gasteiger partial charge in [-0.05, 0) is 0 Å². The van der Waals surface area contributed by atoms with E-state index in [1.54, 1.807) is 0 Å². The Morgan fingerprint density at radius 1 is 1.38 bits per heavy atom. The van der Waals surface area contributed by atoms with Gasteiger partial charge in [-0.2, -0.15) is 0 Å². The molecule has 0 unspecified atom stereocenters. The molecule has 2 nitrogen and oxygen atoms in total. The van der Waals surface area contributed by atoms with Crippen molar-refractivity contribution in [3.63, 3.8) is 0 Å². The third-order valence-electron chi connectivity index (χ3n) is 0.658. The third-order valence-corrected chi connectivity index (χ3v) is 1.42. The Balaban J connectivity index is 3.83. The third kappa shape index (κ3) is 2.50. The van der Waals surface area contributed by atoms with Gasteiger partial charge < -0.3 is 10.2 Å². The zero-order valence-electron chi connectivity index (χ0n) is 4.26. The summed E-state index contributed by atoms with van der Waals surface area (Å²) in [6.07, 6.45) is 0. The molecule has 0 amide bonds. The fraction of sp³-hybridized carbons (Fsp3) is 0.500. The van der Waals surface area contributed by atoms with E-state index in [0.29, 0.717) is 4.48 Å². The zero-order chi connectivity index (χ0) is 6.57. The van der Waals surface area contributed by atoms with Gasteiger partial charge >= 0.3 is 0 Å². The van der Waals surface area contributed by atoms with Gasteiger partial charge in [-0.25, -0.2) is 0 Å². The molecule has 2 radical (unpaired) electrons. The molecule has 0 spiro atoms. The lowest BCUT2D eigenvalue weighted by molar-refractivity contribution is 0.324. The second-order valence-corrected chi connectivity index (χ2v) is 2.20. The lowest BCUT2D eigenvalue weighted by Gasteiger charge is -1.96. The van der Waals surface area contributed by atoms with Crippen LogP contribution in [0.25, 0.3) is 0 Å². The van der Waals surface area contributed by atoms with E-state index in [0.717, 1.165) is 0 Å². The largest absolute Gasteiger partial charge is 0.393 e. The van der Waals surface area contributed by atoms with Gasteiger partial charge in [0.15, 0.2) is 0 Å². The highest BCUT2D eigenvalue weighted by Crippen LogP contribution is 2.06. The maximum absolute atomic E-state index is 8.34. The molecule has 0 aliphatic carbocycles. The summed E-state index contributed by atoms with van der Waals surface area (Å²) in [5.41, 5.74) is 0.271. The summed E-state index contributed by atoms with van der Waals surface area (Å²) in [6.45, 7) is -0.381. The Labute approximate surface area is 57.8 Å². The fourth-order valence-electron chi connectivity index (χ4n) is 0.187. The average molecular weight is 177 g/mol. The summed E-state index contributed by atoms with van der Waals surface area (Å²) in [7, 11) is 5.15. The number of rotatable bonds is 2. The molecule has 0 fully saturated rings.